The van der Waals surface area contributed by atoms with Crippen LogP contribution in [-0.2, 0) is 6.61 Å². The first-order valence-corrected chi connectivity index (χ1v) is 7.82. The van der Waals surface area contributed by atoms with Gasteiger partial charge in [-0.2, -0.15) is 10.3 Å². The van der Waals surface area contributed by atoms with Gasteiger partial charge < -0.3 is 14.9 Å². The van der Waals surface area contributed by atoms with Crippen LogP contribution in [-0.4, -0.2) is 15.4 Å². The first-order valence-electron chi connectivity index (χ1n) is 7.82. The molecule has 0 atom stereocenters. The van der Waals surface area contributed by atoms with Crippen LogP contribution in [0.1, 0.15) is 5.56 Å². The number of nitrogens with zero attached hydrogens (tertiary/aromatic N) is 2. The number of nitrogen functional groups attached to an aromatic ring is 1. The van der Waals surface area contributed by atoms with Crippen LogP contribution in [0.15, 0.2) is 71.3 Å². The van der Waals surface area contributed by atoms with Gasteiger partial charge in [-0.05, 0) is 29.8 Å². The lowest BCUT2D eigenvalue weighted by molar-refractivity contribution is 0.306. The zero-order chi connectivity index (χ0) is 17.1. The summed E-state index contributed by atoms with van der Waals surface area (Å²) in [6.45, 7) is 0.468. The molecule has 2 aromatic heterocycles. The Bertz CT molecular complexity index is 959. The van der Waals surface area contributed by atoms with Gasteiger partial charge in [-0.15, -0.1) is 5.10 Å². The Morgan fingerprint density at radius 1 is 0.960 bits per heavy atom. The summed E-state index contributed by atoms with van der Waals surface area (Å²) >= 11 is 0. The molecule has 0 radical (unpaired) electrons. The summed E-state index contributed by atoms with van der Waals surface area (Å²) in [5.74, 6) is 1.96. The highest BCUT2D eigenvalue weighted by atomic mass is 16.5. The third kappa shape index (κ3) is 3.23. The number of benzene rings is 2. The van der Waals surface area contributed by atoms with Crippen LogP contribution in [0, 0.1) is 0 Å². The Morgan fingerprint density at radius 3 is 2.56 bits per heavy atom. The molecule has 0 fully saturated rings. The van der Waals surface area contributed by atoms with Crippen LogP contribution >= 0.6 is 0 Å². The molecule has 0 aliphatic carbocycles. The molecule has 124 valence electrons. The molecule has 0 aliphatic heterocycles. The van der Waals surface area contributed by atoms with Crippen molar-refractivity contribution in [1.29, 1.82) is 0 Å². The summed E-state index contributed by atoms with van der Waals surface area (Å²) in [6.07, 6.45) is 1.67. The summed E-state index contributed by atoms with van der Waals surface area (Å²) in [7, 11) is 0. The highest BCUT2D eigenvalue weighted by Crippen LogP contribution is 2.26. The highest BCUT2D eigenvalue weighted by molar-refractivity contribution is 5.70. The molecule has 0 aliphatic rings. The molecule has 25 heavy (non-hydrogen) atoms. The molecule has 6 nitrogen and oxygen atoms in total. The first-order chi connectivity index (χ1) is 12.3. The fourth-order valence-corrected chi connectivity index (χ4v) is 2.56. The minimum absolute atomic E-state index is 0.366. The van der Waals surface area contributed by atoms with Crippen molar-refractivity contribution in [3.8, 4) is 28.3 Å². The van der Waals surface area contributed by atoms with Crippen molar-refractivity contribution in [2.45, 2.75) is 6.61 Å². The van der Waals surface area contributed by atoms with Crippen LogP contribution in [0.5, 0.6) is 5.75 Å². The largest absolute Gasteiger partial charge is 0.489 e. The highest BCUT2D eigenvalue weighted by Gasteiger charge is 2.08. The van der Waals surface area contributed by atoms with E-state index in [1.807, 2.05) is 60.7 Å². The van der Waals surface area contributed by atoms with Crippen molar-refractivity contribution in [1.82, 2.24) is 15.4 Å². The fraction of sp³-hybridized carbons (Fsp3) is 0.0526. The second kappa shape index (κ2) is 6.52. The molecule has 0 bridgehead atoms. The Kier molecular flexibility index (Phi) is 3.92. The van der Waals surface area contributed by atoms with Gasteiger partial charge in [-0.3, -0.25) is 0 Å². The summed E-state index contributed by atoms with van der Waals surface area (Å²) in [5.41, 5.74) is 9.38. The third-order valence-electron chi connectivity index (χ3n) is 3.85. The summed E-state index contributed by atoms with van der Waals surface area (Å²) in [6, 6.07) is 19.5. The minimum atomic E-state index is 0.366. The van der Waals surface area contributed by atoms with E-state index in [-0.39, 0.29) is 0 Å². The maximum absolute atomic E-state index is 5.88. The van der Waals surface area contributed by atoms with Gasteiger partial charge in [0.15, 0.2) is 5.82 Å². The molecule has 0 saturated heterocycles. The molecular weight excluding hydrogens is 316 g/mol. The fourth-order valence-electron chi connectivity index (χ4n) is 2.56. The topological polar surface area (TPSA) is 90.0 Å². The predicted octanol–water partition coefficient (Wildman–Crippen LogP) is 3.89. The van der Waals surface area contributed by atoms with E-state index in [0.29, 0.717) is 18.1 Å². The van der Waals surface area contributed by atoms with E-state index < -0.39 is 0 Å². The lowest BCUT2D eigenvalue weighted by Crippen LogP contribution is -1.96. The van der Waals surface area contributed by atoms with Crippen molar-refractivity contribution < 1.29 is 9.15 Å². The first kappa shape index (κ1) is 15.0. The van der Waals surface area contributed by atoms with Gasteiger partial charge >= 0.3 is 0 Å². The lowest BCUT2D eigenvalue weighted by atomic mass is 10.1. The lowest BCUT2D eigenvalue weighted by Gasteiger charge is -2.08. The normalized spacial score (nSPS) is 10.7. The molecule has 2 heterocycles. The van der Waals surface area contributed by atoms with Crippen LogP contribution in [0.2, 0.25) is 0 Å². The molecule has 0 amide bonds. The number of nitrogens with two attached hydrogens (primary N) is 1. The van der Waals surface area contributed by atoms with Crippen LogP contribution in [0.25, 0.3) is 22.6 Å². The zero-order valence-corrected chi connectivity index (χ0v) is 13.3. The van der Waals surface area contributed by atoms with Crippen molar-refractivity contribution in [3.63, 3.8) is 0 Å². The van der Waals surface area contributed by atoms with Crippen LogP contribution in [0.3, 0.4) is 0 Å². The average Bonchev–Trinajstić information content (AvgIpc) is 3.32. The number of furan rings is 1. The van der Waals surface area contributed by atoms with E-state index >= 15 is 0 Å². The monoisotopic (exact) mass is 332 g/mol. The Morgan fingerprint density at radius 2 is 1.84 bits per heavy atom. The Labute approximate surface area is 144 Å². The number of aromatic amines is 1. The Hall–Kier alpha value is -3.54. The van der Waals surface area contributed by atoms with E-state index in [9.17, 15) is 0 Å². The zero-order valence-electron chi connectivity index (χ0n) is 13.3. The van der Waals surface area contributed by atoms with Crippen LogP contribution < -0.4 is 10.5 Å². The quantitative estimate of drug-likeness (QED) is 0.578. The number of aromatic nitrogens is 3. The predicted molar refractivity (Wildman–Crippen MR) is 94.7 cm³/mol. The number of nitrogens with one attached hydrogen (secondary N) is 1. The number of rotatable bonds is 5. The second-order valence-electron chi connectivity index (χ2n) is 5.55. The second-order valence-corrected chi connectivity index (χ2v) is 5.55. The summed E-state index contributed by atoms with van der Waals surface area (Å²) in [5, 5.41) is 10.4. The van der Waals surface area contributed by atoms with Gasteiger partial charge in [0.25, 0.3) is 0 Å². The average molecular weight is 332 g/mol. The maximum atomic E-state index is 5.88. The number of ether oxygens (including phenoxy) is 1. The maximum Gasteiger partial charge on any atom is 0.173 e. The molecule has 6 heteroatoms. The molecule has 2 aromatic carbocycles. The van der Waals surface area contributed by atoms with Gasteiger partial charge in [0, 0.05) is 11.1 Å². The van der Waals surface area contributed by atoms with Crippen molar-refractivity contribution in [3.05, 3.63) is 72.5 Å². The molecule has 3 N–H and O–H groups in total. The standard InChI is InChI=1S/C19H16N4O2/c20-19-18(21-23-22-19)15-3-1-4-16(11-15)25-12-13-6-8-14(9-7-13)17-5-2-10-24-17/h1-11H,12H2,(H3,20,21,22,23). The molecule has 4 aromatic rings. The van der Waals surface area contributed by atoms with E-state index in [2.05, 4.69) is 15.4 Å². The number of hydrogen-bond acceptors (Lipinski definition) is 5. The van der Waals surface area contributed by atoms with E-state index in [4.69, 9.17) is 14.9 Å². The summed E-state index contributed by atoms with van der Waals surface area (Å²) < 4.78 is 11.3. The van der Waals surface area contributed by atoms with E-state index in [1.54, 1.807) is 6.26 Å². The van der Waals surface area contributed by atoms with Gasteiger partial charge in [-0.1, -0.05) is 36.4 Å². The SMILES string of the molecule is Nc1n[nH]nc1-c1cccc(OCc2ccc(-c3ccco3)cc2)c1. The van der Waals surface area contributed by atoms with Gasteiger partial charge in [0.2, 0.25) is 0 Å². The van der Waals surface area contributed by atoms with Crippen molar-refractivity contribution >= 4 is 5.82 Å². The van der Waals surface area contributed by atoms with Gasteiger partial charge in [-0.25, -0.2) is 0 Å². The Balaban J connectivity index is 1.46. The van der Waals surface area contributed by atoms with Crippen molar-refractivity contribution in [2.24, 2.45) is 0 Å². The van der Waals surface area contributed by atoms with E-state index in [0.717, 1.165) is 28.2 Å². The third-order valence-corrected chi connectivity index (χ3v) is 3.85. The molecule has 0 spiro atoms. The minimum Gasteiger partial charge on any atom is -0.489 e. The molecule has 4 rings (SSSR count). The number of anilines is 1. The molecule has 0 unspecified atom stereocenters. The summed E-state index contributed by atoms with van der Waals surface area (Å²) in [4.78, 5) is 0. The van der Waals surface area contributed by atoms with Crippen molar-refractivity contribution in [2.75, 3.05) is 5.73 Å². The number of H-pyrrole nitrogens is 1. The van der Waals surface area contributed by atoms with Gasteiger partial charge in [0.05, 0.1) is 6.26 Å². The molecular formula is C19H16N4O2. The van der Waals surface area contributed by atoms with Crippen LogP contribution in [0.4, 0.5) is 5.82 Å². The smallest absolute Gasteiger partial charge is 0.173 e. The number of hydrogen-bond donors (Lipinski definition) is 2. The van der Waals surface area contributed by atoms with Gasteiger partial charge in [0.1, 0.15) is 23.8 Å². The molecule has 0 saturated carbocycles. The van der Waals surface area contributed by atoms with E-state index in [1.165, 1.54) is 0 Å².